The molecule has 1 aliphatic rings. The van der Waals surface area contributed by atoms with Gasteiger partial charge < -0.3 is 15.3 Å². The number of phenolic OH excluding ortho intramolecular Hbond substituents is 1. The number of carbonyl (C=O) groups excluding carboxylic acids is 1. The van der Waals surface area contributed by atoms with Crippen molar-refractivity contribution < 1.29 is 9.90 Å². The van der Waals surface area contributed by atoms with Gasteiger partial charge in [0.25, 0.3) is 0 Å². The fourth-order valence-electron chi connectivity index (χ4n) is 1.98. The van der Waals surface area contributed by atoms with E-state index in [1.165, 1.54) is 11.8 Å². The number of thioether (sulfide) groups is 1. The van der Waals surface area contributed by atoms with Crippen LogP contribution in [0.15, 0.2) is 29.2 Å². The first-order valence-electron chi connectivity index (χ1n) is 6.09. The predicted molar refractivity (Wildman–Crippen MR) is 80.1 cm³/mol. The lowest BCUT2D eigenvalue weighted by Crippen LogP contribution is -2.52. The maximum Gasteiger partial charge on any atom is 0.233 e. The van der Waals surface area contributed by atoms with Gasteiger partial charge in [-0.3, -0.25) is 4.79 Å². The molecule has 1 heterocycles. The van der Waals surface area contributed by atoms with Gasteiger partial charge >= 0.3 is 0 Å². The quantitative estimate of drug-likeness (QED) is 0.835. The summed E-state index contributed by atoms with van der Waals surface area (Å²) in [5.41, 5.74) is 0. The summed E-state index contributed by atoms with van der Waals surface area (Å²) in [4.78, 5) is 15.0. The van der Waals surface area contributed by atoms with E-state index in [0.717, 1.165) is 24.5 Å². The largest absolute Gasteiger partial charge is 0.508 e. The van der Waals surface area contributed by atoms with Crippen LogP contribution in [0.3, 0.4) is 0 Å². The Morgan fingerprint density at radius 1 is 1.47 bits per heavy atom. The van der Waals surface area contributed by atoms with Gasteiger partial charge in [0.05, 0.1) is 5.75 Å². The zero-order valence-corrected chi connectivity index (χ0v) is 12.5. The zero-order chi connectivity index (χ0) is 13.0. The van der Waals surface area contributed by atoms with Crippen LogP contribution in [0, 0.1) is 0 Å². The van der Waals surface area contributed by atoms with Gasteiger partial charge in [-0.15, -0.1) is 24.2 Å². The third kappa shape index (κ3) is 4.60. The second-order valence-corrected chi connectivity index (χ2v) is 5.47. The van der Waals surface area contributed by atoms with Crippen LogP contribution in [-0.4, -0.2) is 47.3 Å². The first kappa shape index (κ1) is 16.1. The summed E-state index contributed by atoms with van der Waals surface area (Å²) in [6.45, 7) is 4.60. The Hall–Kier alpha value is -0.910. The number of hydrogen-bond acceptors (Lipinski definition) is 4. The molecule has 4 nitrogen and oxygen atoms in total. The fraction of sp³-hybridized carbons (Fsp3) is 0.462. The predicted octanol–water partition coefficient (Wildman–Crippen LogP) is 1.73. The van der Waals surface area contributed by atoms with Crippen molar-refractivity contribution in [3.05, 3.63) is 24.3 Å². The third-order valence-electron chi connectivity index (χ3n) is 3.02. The van der Waals surface area contributed by atoms with E-state index < -0.39 is 0 Å². The highest BCUT2D eigenvalue weighted by molar-refractivity contribution is 8.00. The lowest BCUT2D eigenvalue weighted by Gasteiger charge is -2.33. The Morgan fingerprint density at radius 2 is 2.16 bits per heavy atom. The van der Waals surface area contributed by atoms with Crippen molar-refractivity contribution in [3.8, 4) is 5.75 Å². The zero-order valence-electron chi connectivity index (χ0n) is 10.8. The Labute approximate surface area is 124 Å². The highest BCUT2D eigenvalue weighted by atomic mass is 35.5. The maximum absolute atomic E-state index is 12.1. The second-order valence-electron chi connectivity index (χ2n) is 4.42. The minimum absolute atomic E-state index is 0. The molecule has 1 aromatic rings. The van der Waals surface area contributed by atoms with Crippen LogP contribution in [0.2, 0.25) is 0 Å². The number of aromatic hydroxyl groups is 1. The van der Waals surface area contributed by atoms with Crippen molar-refractivity contribution in [1.29, 1.82) is 0 Å². The minimum Gasteiger partial charge on any atom is -0.508 e. The molecule has 0 spiro atoms. The number of rotatable bonds is 3. The van der Waals surface area contributed by atoms with E-state index in [0.29, 0.717) is 5.75 Å². The standard InChI is InChI=1S/C13H18N2O2S.ClH/c1-10-8-14-6-7-15(10)13(17)9-18-12-4-2-11(16)3-5-12;/h2-5,10,14,16H,6-9H2,1H3;1H. The lowest BCUT2D eigenvalue weighted by atomic mass is 10.2. The molecule has 0 aromatic heterocycles. The van der Waals surface area contributed by atoms with Crippen molar-refractivity contribution in [2.24, 2.45) is 0 Å². The van der Waals surface area contributed by atoms with E-state index in [1.54, 1.807) is 12.1 Å². The topological polar surface area (TPSA) is 52.6 Å². The van der Waals surface area contributed by atoms with Gasteiger partial charge in [0, 0.05) is 30.6 Å². The molecule has 2 N–H and O–H groups in total. The Balaban J connectivity index is 0.00000180. The van der Waals surface area contributed by atoms with Gasteiger partial charge in [-0.05, 0) is 31.2 Å². The van der Waals surface area contributed by atoms with Crippen molar-refractivity contribution in [1.82, 2.24) is 10.2 Å². The van der Waals surface area contributed by atoms with Gasteiger partial charge in [-0.25, -0.2) is 0 Å². The van der Waals surface area contributed by atoms with Crippen LogP contribution in [0.4, 0.5) is 0 Å². The summed E-state index contributed by atoms with van der Waals surface area (Å²) in [5.74, 6) is 0.887. The summed E-state index contributed by atoms with van der Waals surface area (Å²) in [6, 6.07) is 7.20. The monoisotopic (exact) mass is 302 g/mol. The molecule has 6 heteroatoms. The Bertz CT molecular complexity index is 414. The molecule has 0 aliphatic carbocycles. The smallest absolute Gasteiger partial charge is 0.233 e. The fourth-order valence-corrected chi connectivity index (χ4v) is 2.77. The van der Waals surface area contributed by atoms with Crippen molar-refractivity contribution in [3.63, 3.8) is 0 Å². The molecule has 1 unspecified atom stereocenters. The molecule has 1 amide bonds. The average Bonchev–Trinajstić information content (AvgIpc) is 2.38. The molecule has 1 aromatic carbocycles. The van der Waals surface area contributed by atoms with Crippen LogP contribution >= 0.6 is 24.2 Å². The second kappa shape index (κ2) is 7.62. The van der Waals surface area contributed by atoms with Gasteiger partial charge in [0.1, 0.15) is 5.75 Å². The van der Waals surface area contributed by atoms with E-state index >= 15 is 0 Å². The van der Waals surface area contributed by atoms with Crippen molar-refractivity contribution in [2.45, 2.75) is 17.9 Å². The third-order valence-corrected chi connectivity index (χ3v) is 4.02. The molecule has 19 heavy (non-hydrogen) atoms. The van der Waals surface area contributed by atoms with Crippen LogP contribution in [-0.2, 0) is 4.79 Å². The number of nitrogens with zero attached hydrogens (tertiary/aromatic N) is 1. The number of hydrogen-bond donors (Lipinski definition) is 2. The number of nitrogens with one attached hydrogen (secondary N) is 1. The first-order valence-corrected chi connectivity index (χ1v) is 7.07. The summed E-state index contributed by atoms with van der Waals surface area (Å²) < 4.78 is 0. The first-order chi connectivity index (χ1) is 8.66. The van der Waals surface area contributed by atoms with Gasteiger partial charge in [0.15, 0.2) is 0 Å². The number of halogens is 1. The molecule has 0 radical (unpaired) electrons. The van der Waals surface area contributed by atoms with Gasteiger partial charge in [-0.2, -0.15) is 0 Å². The number of piperazine rings is 1. The van der Waals surface area contributed by atoms with E-state index in [9.17, 15) is 9.90 Å². The van der Waals surface area contributed by atoms with E-state index in [2.05, 4.69) is 12.2 Å². The molecular weight excluding hydrogens is 284 g/mol. The maximum atomic E-state index is 12.1. The molecule has 1 saturated heterocycles. The molecular formula is C13H19ClN2O2S. The average molecular weight is 303 g/mol. The highest BCUT2D eigenvalue weighted by Gasteiger charge is 2.22. The Kier molecular flexibility index (Phi) is 6.48. The van der Waals surface area contributed by atoms with Crippen molar-refractivity contribution in [2.75, 3.05) is 25.4 Å². The summed E-state index contributed by atoms with van der Waals surface area (Å²) in [7, 11) is 0. The molecule has 0 bridgehead atoms. The summed E-state index contributed by atoms with van der Waals surface area (Å²) >= 11 is 1.51. The molecule has 2 rings (SSSR count). The number of amides is 1. The molecule has 1 fully saturated rings. The normalized spacial score (nSPS) is 18.8. The Morgan fingerprint density at radius 3 is 2.79 bits per heavy atom. The van der Waals surface area contributed by atoms with Crippen LogP contribution in [0.1, 0.15) is 6.92 Å². The number of benzene rings is 1. The van der Waals surface area contributed by atoms with Crippen LogP contribution < -0.4 is 5.32 Å². The van der Waals surface area contributed by atoms with Crippen molar-refractivity contribution >= 4 is 30.1 Å². The van der Waals surface area contributed by atoms with Crippen LogP contribution in [0.5, 0.6) is 5.75 Å². The SMILES string of the molecule is CC1CNCCN1C(=O)CSc1ccc(O)cc1.Cl. The van der Waals surface area contributed by atoms with Gasteiger partial charge in [0.2, 0.25) is 5.91 Å². The number of carbonyl (C=O) groups is 1. The molecule has 1 aliphatic heterocycles. The number of phenols is 1. The van der Waals surface area contributed by atoms with E-state index in [4.69, 9.17) is 0 Å². The summed E-state index contributed by atoms with van der Waals surface area (Å²) in [6.07, 6.45) is 0. The molecule has 106 valence electrons. The summed E-state index contributed by atoms with van der Waals surface area (Å²) in [5, 5.41) is 12.5. The van der Waals surface area contributed by atoms with E-state index in [1.807, 2.05) is 17.0 Å². The molecule has 1 atom stereocenters. The lowest BCUT2D eigenvalue weighted by molar-refractivity contribution is -0.131. The van der Waals surface area contributed by atoms with Crippen LogP contribution in [0.25, 0.3) is 0 Å². The minimum atomic E-state index is 0. The highest BCUT2D eigenvalue weighted by Crippen LogP contribution is 2.21. The molecule has 0 saturated carbocycles. The van der Waals surface area contributed by atoms with Gasteiger partial charge in [-0.1, -0.05) is 0 Å². The van der Waals surface area contributed by atoms with E-state index in [-0.39, 0.29) is 30.1 Å².